The van der Waals surface area contributed by atoms with Gasteiger partial charge in [0.15, 0.2) is 11.4 Å². The van der Waals surface area contributed by atoms with E-state index in [-0.39, 0.29) is 5.78 Å². The molecule has 33 heavy (non-hydrogen) atoms. The van der Waals surface area contributed by atoms with Crippen molar-refractivity contribution in [1.82, 2.24) is 4.90 Å². The topological polar surface area (TPSA) is 49.8 Å². The standard InChI is InChI=1S/C25H28F3NO3S/c1-23(2,19-13-17(33-3)12-16-9-11-32-22(16)19)14-24(31,25(26,27)28)15-29-10-8-21(30)18-6-4-5-7-20(18)29/h4-8,10,12-13,18,20,31H,9,11,14-15H2,1-3H3. The Bertz CT molecular complexity index is 1030. The van der Waals surface area contributed by atoms with Crippen LogP contribution in [-0.2, 0) is 16.6 Å². The van der Waals surface area contributed by atoms with Crippen LogP contribution in [0.5, 0.6) is 5.75 Å². The monoisotopic (exact) mass is 479 g/mol. The number of hydrogen-bond donors (Lipinski definition) is 1. The van der Waals surface area contributed by atoms with Crippen LogP contribution in [0.4, 0.5) is 13.2 Å². The molecule has 0 bridgehead atoms. The Hall–Kier alpha value is -2.19. The van der Waals surface area contributed by atoms with Gasteiger partial charge < -0.3 is 14.7 Å². The predicted octanol–water partition coefficient (Wildman–Crippen LogP) is 4.81. The number of ether oxygens (including phenoxy) is 1. The minimum absolute atomic E-state index is 0.158. The molecule has 2 heterocycles. The maximum Gasteiger partial charge on any atom is 0.418 e. The molecular formula is C25H28F3NO3S. The molecule has 0 fully saturated rings. The second kappa shape index (κ2) is 8.55. The molecule has 0 amide bonds. The molecule has 0 spiro atoms. The zero-order valence-electron chi connectivity index (χ0n) is 18.9. The summed E-state index contributed by atoms with van der Waals surface area (Å²) in [5.41, 5.74) is -2.37. The smallest absolute Gasteiger partial charge is 0.418 e. The van der Waals surface area contributed by atoms with Crippen molar-refractivity contribution in [2.45, 2.75) is 54.8 Å². The van der Waals surface area contributed by atoms with Crippen LogP contribution in [0.25, 0.3) is 0 Å². The zero-order chi connectivity index (χ0) is 24.0. The first-order valence-electron chi connectivity index (χ1n) is 10.9. The lowest BCUT2D eigenvalue weighted by Gasteiger charge is -2.44. The van der Waals surface area contributed by atoms with E-state index in [0.717, 1.165) is 10.5 Å². The Balaban J connectivity index is 1.68. The molecular weight excluding hydrogens is 451 g/mol. The van der Waals surface area contributed by atoms with E-state index in [0.29, 0.717) is 24.3 Å². The molecule has 3 atom stereocenters. The molecule has 1 aliphatic carbocycles. The molecule has 1 aromatic carbocycles. The number of β-amino-alcohol motifs (C(OH)–C–C–N with tert-alkyl or cyclic N) is 1. The molecule has 1 aromatic rings. The summed E-state index contributed by atoms with van der Waals surface area (Å²) < 4.78 is 49.0. The number of allylic oxidation sites excluding steroid dienone is 3. The van der Waals surface area contributed by atoms with Crippen LogP contribution >= 0.6 is 11.8 Å². The van der Waals surface area contributed by atoms with Crippen LogP contribution in [0.3, 0.4) is 0 Å². The minimum Gasteiger partial charge on any atom is -0.493 e. The highest BCUT2D eigenvalue weighted by Crippen LogP contribution is 2.47. The van der Waals surface area contributed by atoms with E-state index in [9.17, 15) is 23.1 Å². The van der Waals surface area contributed by atoms with E-state index in [2.05, 4.69) is 0 Å². The second-order valence-electron chi connectivity index (χ2n) is 9.53. The predicted molar refractivity (Wildman–Crippen MR) is 122 cm³/mol. The van der Waals surface area contributed by atoms with Gasteiger partial charge in [-0.2, -0.15) is 13.2 Å². The summed E-state index contributed by atoms with van der Waals surface area (Å²) in [6, 6.07) is 3.33. The van der Waals surface area contributed by atoms with E-state index in [1.807, 2.05) is 18.4 Å². The Morgan fingerprint density at radius 2 is 1.94 bits per heavy atom. The number of rotatable bonds is 6. The summed E-state index contributed by atoms with van der Waals surface area (Å²) in [6.07, 6.45) is 6.70. The molecule has 3 aliphatic rings. The summed E-state index contributed by atoms with van der Waals surface area (Å²) in [5, 5.41) is 11.2. The van der Waals surface area contributed by atoms with Crippen molar-refractivity contribution in [3.05, 3.63) is 59.8 Å². The van der Waals surface area contributed by atoms with E-state index in [1.54, 1.807) is 38.2 Å². The van der Waals surface area contributed by atoms with Crippen LogP contribution in [0.1, 0.15) is 31.4 Å². The maximum absolute atomic E-state index is 14.4. The van der Waals surface area contributed by atoms with Gasteiger partial charge in [0, 0.05) is 23.1 Å². The van der Waals surface area contributed by atoms with Gasteiger partial charge in [-0.15, -0.1) is 11.8 Å². The Labute approximate surface area is 196 Å². The van der Waals surface area contributed by atoms with Gasteiger partial charge in [-0.25, -0.2) is 0 Å². The summed E-state index contributed by atoms with van der Waals surface area (Å²) >= 11 is 1.53. The van der Waals surface area contributed by atoms with Crippen molar-refractivity contribution in [3.63, 3.8) is 0 Å². The van der Waals surface area contributed by atoms with E-state index in [1.165, 1.54) is 28.9 Å². The fourth-order valence-corrected chi connectivity index (χ4v) is 5.48. The average Bonchev–Trinajstić information content (AvgIpc) is 3.22. The van der Waals surface area contributed by atoms with Gasteiger partial charge in [0.25, 0.3) is 0 Å². The first-order chi connectivity index (χ1) is 15.4. The Morgan fingerprint density at radius 3 is 2.64 bits per heavy atom. The fraction of sp³-hybridized carbons (Fsp3) is 0.480. The van der Waals surface area contributed by atoms with E-state index >= 15 is 0 Å². The number of alkyl halides is 3. The Kier molecular flexibility index (Phi) is 6.20. The molecule has 2 aliphatic heterocycles. The van der Waals surface area contributed by atoms with Crippen LogP contribution < -0.4 is 4.74 Å². The van der Waals surface area contributed by atoms with Crippen molar-refractivity contribution in [3.8, 4) is 5.75 Å². The van der Waals surface area contributed by atoms with Crippen LogP contribution in [0, 0.1) is 5.92 Å². The zero-order valence-corrected chi connectivity index (χ0v) is 19.7. The van der Waals surface area contributed by atoms with E-state index in [4.69, 9.17) is 4.74 Å². The molecule has 4 rings (SSSR count). The lowest BCUT2D eigenvalue weighted by molar-refractivity contribution is -0.271. The van der Waals surface area contributed by atoms with Crippen molar-refractivity contribution in [2.75, 3.05) is 19.4 Å². The second-order valence-corrected chi connectivity index (χ2v) is 10.4. The van der Waals surface area contributed by atoms with Gasteiger partial charge >= 0.3 is 6.18 Å². The van der Waals surface area contributed by atoms with Crippen molar-refractivity contribution in [1.29, 1.82) is 0 Å². The highest BCUT2D eigenvalue weighted by atomic mass is 32.2. The first kappa shape index (κ1) is 24.0. The number of fused-ring (bicyclic) bond motifs is 2. The van der Waals surface area contributed by atoms with Gasteiger partial charge in [0.05, 0.1) is 25.1 Å². The molecule has 3 unspecified atom stereocenters. The van der Waals surface area contributed by atoms with Gasteiger partial charge in [-0.1, -0.05) is 38.2 Å². The lowest BCUT2D eigenvalue weighted by atomic mass is 9.73. The van der Waals surface area contributed by atoms with Crippen LogP contribution in [-0.4, -0.2) is 53.0 Å². The third-order valence-electron chi connectivity index (χ3n) is 6.68. The normalized spacial score (nSPS) is 23.8. The quantitative estimate of drug-likeness (QED) is 0.594. The van der Waals surface area contributed by atoms with Crippen molar-refractivity contribution < 1.29 is 27.8 Å². The van der Waals surface area contributed by atoms with Gasteiger partial charge in [0.2, 0.25) is 0 Å². The number of carbonyl (C=O) groups excluding carboxylic acids is 1. The number of halogens is 3. The lowest BCUT2D eigenvalue weighted by Crippen LogP contribution is -2.58. The Morgan fingerprint density at radius 1 is 1.21 bits per heavy atom. The summed E-state index contributed by atoms with van der Waals surface area (Å²) in [6.45, 7) is 3.25. The third kappa shape index (κ3) is 4.47. The molecule has 0 saturated carbocycles. The summed E-state index contributed by atoms with van der Waals surface area (Å²) in [7, 11) is 0. The molecule has 4 nitrogen and oxygen atoms in total. The number of aliphatic hydroxyl groups is 1. The number of carbonyl (C=O) groups is 1. The fourth-order valence-electron chi connectivity index (χ4n) is 4.99. The number of hydrogen-bond acceptors (Lipinski definition) is 5. The van der Waals surface area contributed by atoms with Crippen LogP contribution in [0.2, 0.25) is 0 Å². The number of nitrogens with zero attached hydrogens (tertiary/aromatic N) is 1. The molecule has 178 valence electrons. The molecule has 1 N–H and O–H groups in total. The molecule has 0 aromatic heterocycles. The van der Waals surface area contributed by atoms with Crippen molar-refractivity contribution >= 4 is 17.5 Å². The number of ketones is 1. The first-order valence-corrected chi connectivity index (χ1v) is 12.1. The molecule has 0 saturated heterocycles. The maximum atomic E-state index is 14.4. The van der Waals surface area contributed by atoms with Gasteiger partial charge in [0.1, 0.15) is 5.75 Å². The molecule has 8 heteroatoms. The van der Waals surface area contributed by atoms with Crippen LogP contribution in [0.15, 0.2) is 53.6 Å². The number of benzene rings is 1. The highest BCUT2D eigenvalue weighted by Gasteiger charge is 2.57. The van der Waals surface area contributed by atoms with Crippen molar-refractivity contribution in [2.24, 2.45) is 5.92 Å². The minimum atomic E-state index is -4.87. The van der Waals surface area contributed by atoms with E-state index < -0.39 is 42.1 Å². The SMILES string of the molecule is CSc1cc2c(c(C(C)(C)CC(O)(CN3C=CC(=O)C4C=CC=CC43)C(F)(F)F)c1)OCC2. The third-order valence-corrected chi connectivity index (χ3v) is 7.38. The molecule has 0 radical (unpaired) electrons. The summed E-state index contributed by atoms with van der Waals surface area (Å²) in [4.78, 5) is 14.6. The summed E-state index contributed by atoms with van der Waals surface area (Å²) in [5.74, 6) is -0.0825. The average molecular weight is 480 g/mol. The number of thioether (sulfide) groups is 1. The largest absolute Gasteiger partial charge is 0.493 e. The van der Waals surface area contributed by atoms with Gasteiger partial charge in [-0.05, 0) is 41.9 Å². The highest BCUT2D eigenvalue weighted by molar-refractivity contribution is 7.98. The van der Waals surface area contributed by atoms with Gasteiger partial charge in [-0.3, -0.25) is 4.79 Å².